The summed E-state index contributed by atoms with van der Waals surface area (Å²) in [5.41, 5.74) is 3.53. The van der Waals surface area contributed by atoms with Crippen molar-refractivity contribution in [1.29, 1.82) is 0 Å². The highest BCUT2D eigenvalue weighted by Gasteiger charge is 2.32. The van der Waals surface area contributed by atoms with E-state index in [4.69, 9.17) is 9.47 Å². The second kappa shape index (κ2) is 7.44. The van der Waals surface area contributed by atoms with Gasteiger partial charge in [-0.25, -0.2) is 9.29 Å². The van der Waals surface area contributed by atoms with E-state index in [1.165, 1.54) is 11.1 Å². The molecule has 0 unspecified atom stereocenters. The fourth-order valence-electron chi connectivity index (χ4n) is 3.67. The van der Waals surface area contributed by atoms with Crippen molar-refractivity contribution in [3.8, 4) is 11.6 Å². The van der Waals surface area contributed by atoms with Crippen molar-refractivity contribution >= 4 is 17.9 Å². The van der Waals surface area contributed by atoms with Crippen molar-refractivity contribution in [2.45, 2.75) is 11.3 Å². The van der Waals surface area contributed by atoms with E-state index in [9.17, 15) is 4.79 Å². The number of aromatic nitrogens is 2. The molecule has 1 amide bonds. The number of fused-ring (bicyclic) bond motifs is 1. The predicted octanol–water partition coefficient (Wildman–Crippen LogP) is 1.95. The van der Waals surface area contributed by atoms with E-state index in [1.807, 2.05) is 35.4 Å². The van der Waals surface area contributed by atoms with Gasteiger partial charge in [0.15, 0.2) is 5.75 Å². The van der Waals surface area contributed by atoms with Crippen LogP contribution in [0.15, 0.2) is 52.7 Å². The Hall–Kier alpha value is -2.58. The highest BCUT2D eigenvalue weighted by molar-refractivity contribution is 7.97. The smallest absolute Gasteiger partial charge is 0.257 e. The molecule has 28 heavy (non-hydrogen) atoms. The lowest BCUT2D eigenvalue weighted by Gasteiger charge is -2.23. The van der Waals surface area contributed by atoms with Crippen LogP contribution >= 0.6 is 11.9 Å². The Labute approximate surface area is 167 Å². The third kappa shape index (κ3) is 3.57. The number of rotatable bonds is 4. The standard InChI is InChI=1S/C20H20N4O3S/c25-19(7-16-3-1-2-4-21-16)23-10-14-12-24(13-15(14)11-23)28-17-8-18-20(22-9-17)27-6-5-26-18/h1-4,8-9H,5-7,10-13H2. The lowest BCUT2D eigenvalue weighted by Crippen LogP contribution is -2.33. The molecule has 3 aliphatic rings. The van der Waals surface area contributed by atoms with Gasteiger partial charge in [-0.3, -0.25) is 9.78 Å². The lowest BCUT2D eigenvalue weighted by molar-refractivity contribution is -0.129. The number of hydrogen-bond donors (Lipinski definition) is 0. The van der Waals surface area contributed by atoms with Crippen LogP contribution in [0.3, 0.4) is 0 Å². The summed E-state index contributed by atoms with van der Waals surface area (Å²) in [6, 6.07) is 7.66. The normalized spacial score (nSPS) is 18.5. The average molecular weight is 396 g/mol. The van der Waals surface area contributed by atoms with E-state index >= 15 is 0 Å². The molecule has 0 saturated carbocycles. The van der Waals surface area contributed by atoms with Crippen LogP contribution in [0.4, 0.5) is 0 Å². The molecule has 0 spiro atoms. The monoisotopic (exact) mass is 396 g/mol. The summed E-state index contributed by atoms with van der Waals surface area (Å²) < 4.78 is 13.4. The zero-order chi connectivity index (χ0) is 18.9. The molecule has 0 N–H and O–H groups in total. The maximum Gasteiger partial charge on any atom is 0.257 e. The molecular formula is C20H20N4O3S. The fourth-order valence-corrected chi connectivity index (χ4v) is 4.67. The molecule has 2 aromatic rings. The highest BCUT2D eigenvalue weighted by atomic mass is 32.2. The van der Waals surface area contributed by atoms with Crippen LogP contribution in [0, 0.1) is 0 Å². The van der Waals surface area contributed by atoms with Gasteiger partial charge in [-0.1, -0.05) is 6.07 Å². The Bertz CT molecular complexity index is 916. The Morgan fingerprint density at radius 2 is 1.89 bits per heavy atom. The van der Waals surface area contributed by atoms with Crippen LogP contribution < -0.4 is 9.47 Å². The molecule has 144 valence electrons. The number of carbonyl (C=O) groups excluding carboxylic acids is 1. The largest absolute Gasteiger partial charge is 0.484 e. The van der Waals surface area contributed by atoms with E-state index in [0.717, 1.165) is 36.8 Å². The van der Waals surface area contributed by atoms with Gasteiger partial charge in [0.05, 0.1) is 6.42 Å². The molecule has 8 heteroatoms. The summed E-state index contributed by atoms with van der Waals surface area (Å²) in [4.78, 5) is 24.1. The van der Waals surface area contributed by atoms with E-state index in [2.05, 4.69) is 14.3 Å². The first-order valence-electron chi connectivity index (χ1n) is 9.30. The molecule has 7 nitrogen and oxygen atoms in total. The van der Waals surface area contributed by atoms with Gasteiger partial charge in [0, 0.05) is 55.2 Å². The topological polar surface area (TPSA) is 67.8 Å². The maximum atomic E-state index is 12.6. The molecule has 0 radical (unpaired) electrons. The number of hydrogen-bond acceptors (Lipinski definition) is 7. The second-order valence-corrected chi connectivity index (χ2v) is 8.19. The first-order valence-corrected chi connectivity index (χ1v) is 10.1. The first kappa shape index (κ1) is 17.5. The van der Waals surface area contributed by atoms with Crippen LogP contribution in [0.1, 0.15) is 5.69 Å². The van der Waals surface area contributed by atoms with Crippen LogP contribution in [0.2, 0.25) is 0 Å². The van der Waals surface area contributed by atoms with Crippen LogP contribution in [0.5, 0.6) is 11.6 Å². The van der Waals surface area contributed by atoms with Crippen molar-refractivity contribution in [1.82, 2.24) is 19.2 Å². The van der Waals surface area contributed by atoms with E-state index < -0.39 is 0 Å². The third-order valence-corrected chi connectivity index (χ3v) is 5.97. The summed E-state index contributed by atoms with van der Waals surface area (Å²) in [6.45, 7) is 4.27. The van der Waals surface area contributed by atoms with Crippen molar-refractivity contribution in [3.05, 3.63) is 53.5 Å². The van der Waals surface area contributed by atoms with E-state index in [1.54, 1.807) is 18.1 Å². The van der Waals surface area contributed by atoms with Gasteiger partial charge in [0.2, 0.25) is 5.91 Å². The van der Waals surface area contributed by atoms with Crippen molar-refractivity contribution in [2.75, 3.05) is 39.4 Å². The molecule has 5 rings (SSSR count). The first-order chi connectivity index (χ1) is 13.7. The fraction of sp³-hybridized carbons (Fsp3) is 0.350. The highest BCUT2D eigenvalue weighted by Crippen LogP contribution is 2.36. The molecule has 0 aromatic carbocycles. The van der Waals surface area contributed by atoms with Gasteiger partial charge in [0.25, 0.3) is 5.88 Å². The lowest BCUT2D eigenvalue weighted by atomic mass is 10.2. The molecule has 0 aliphatic carbocycles. The van der Waals surface area contributed by atoms with Gasteiger partial charge in [-0.05, 0) is 35.2 Å². The van der Waals surface area contributed by atoms with Crippen LogP contribution in [0.25, 0.3) is 0 Å². The molecule has 3 aliphatic heterocycles. The molecule has 0 fully saturated rings. The maximum absolute atomic E-state index is 12.6. The molecule has 0 atom stereocenters. The van der Waals surface area contributed by atoms with Gasteiger partial charge in [-0.2, -0.15) is 0 Å². The third-order valence-electron chi connectivity index (χ3n) is 5.02. The molecule has 2 aromatic heterocycles. The average Bonchev–Trinajstić information content (AvgIpc) is 3.27. The van der Waals surface area contributed by atoms with Crippen LogP contribution in [-0.4, -0.2) is 64.5 Å². The van der Waals surface area contributed by atoms with Gasteiger partial charge >= 0.3 is 0 Å². The minimum Gasteiger partial charge on any atom is -0.484 e. The quantitative estimate of drug-likeness (QED) is 0.578. The second-order valence-electron chi connectivity index (χ2n) is 7.02. The summed E-state index contributed by atoms with van der Waals surface area (Å²) >= 11 is 1.67. The SMILES string of the molecule is O=C(Cc1ccccn1)N1CC2=C(CN(Sc3cnc4c(c3)OCCO4)C2)C1. The Morgan fingerprint density at radius 3 is 2.68 bits per heavy atom. The molecule has 0 bridgehead atoms. The Kier molecular flexibility index (Phi) is 4.66. The number of nitrogens with zero attached hydrogens (tertiary/aromatic N) is 4. The minimum atomic E-state index is 0.142. The number of ether oxygens (including phenoxy) is 2. The Balaban J connectivity index is 1.16. The van der Waals surface area contributed by atoms with Crippen molar-refractivity contribution in [3.63, 3.8) is 0 Å². The van der Waals surface area contributed by atoms with Crippen molar-refractivity contribution in [2.24, 2.45) is 0 Å². The predicted molar refractivity (Wildman–Crippen MR) is 104 cm³/mol. The zero-order valence-corrected chi connectivity index (χ0v) is 16.2. The van der Waals surface area contributed by atoms with Crippen LogP contribution in [-0.2, 0) is 11.2 Å². The summed E-state index contributed by atoms with van der Waals surface area (Å²) in [7, 11) is 0. The van der Waals surface area contributed by atoms with Gasteiger partial charge < -0.3 is 14.4 Å². The van der Waals surface area contributed by atoms with Gasteiger partial charge in [-0.15, -0.1) is 0 Å². The zero-order valence-electron chi connectivity index (χ0n) is 15.3. The number of pyridine rings is 2. The van der Waals surface area contributed by atoms with E-state index in [-0.39, 0.29) is 5.91 Å². The van der Waals surface area contributed by atoms with Gasteiger partial charge in [0.1, 0.15) is 13.2 Å². The van der Waals surface area contributed by atoms with E-state index in [0.29, 0.717) is 31.3 Å². The summed E-state index contributed by atoms with van der Waals surface area (Å²) in [5.74, 6) is 1.42. The summed E-state index contributed by atoms with van der Waals surface area (Å²) in [5, 5.41) is 0. The molecular weight excluding hydrogens is 376 g/mol. The molecule has 0 saturated heterocycles. The Morgan fingerprint density at radius 1 is 1.07 bits per heavy atom. The molecule has 5 heterocycles. The van der Waals surface area contributed by atoms with Crippen molar-refractivity contribution < 1.29 is 14.3 Å². The minimum absolute atomic E-state index is 0.142. The number of amides is 1. The number of carbonyl (C=O) groups is 1. The summed E-state index contributed by atoms with van der Waals surface area (Å²) in [6.07, 6.45) is 3.92.